The van der Waals surface area contributed by atoms with Gasteiger partial charge < -0.3 is 9.32 Å². The van der Waals surface area contributed by atoms with E-state index in [4.69, 9.17) is 4.42 Å². The Balaban J connectivity index is 1.45. The summed E-state index contributed by atoms with van der Waals surface area (Å²) in [6, 6.07) is 57.7. The van der Waals surface area contributed by atoms with E-state index in [0.717, 1.165) is 40.5 Å². The minimum atomic E-state index is -0.635. The van der Waals surface area contributed by atoms with Crippen LogP contribution >= 0.6 is 0 Å². The highest BCUT2D eigenvalue weighted by atomic mass is 16.3. The second-order valence-corrected chi connectivity index (χ2v) is 13.1. The average Bonchev–Trinajstić information content (AvgIpc) is 3.70. The molecule has 0 spiro atoms. The van der Waals surface area contributed by atoms with E-state index in [2.05, 4.69) is 181 Å². The summed E-state index contributed by atoms with van der Waals surface area (Å²) in [5.74, 6) is 0. The van der Waals surface area contributed by atoms with Crippen molar-refractivity contribution in [2.45, 2.75) is 18.3 Å². The van der Waals surface area contributed by atoms with E-state index < -0.39 is 5.41 Å². The fourth-order valence-electron chi connectivity index (χ4n) is 8.64. The highest BCUT2D eigenvalue weighted by Gasteiger charge is 2.49. The van der Waals surface area contributed by atoms with E-state index in [1.165, 1.54) is 55.5 Å². The Hall–Kier alpha value is -6.12. The second kappa shape index (κ2) is 11.0. The molecular formula is C47H33NO. The molecule has 10 rings (SSSR count). The molecule has 0 fully saturated rings. The molecular weight excluding hydrogens is 595 g/mol. The number of para-hydroxylation sites is 1. The van der Waals surface area contributed by atoms with Gasteiger partial charge in [0.2, 0.25) is 0 Å². The van der Waals surface area contributed by atoms with Gasteiger partial charge in [0.05, 0.1) is 16.8 Å². The first kappa shape index (κ1) is 27.9. The van der Waals surface area contributed by atoms with Gasteiger partial charge in [-0.15, -0.1) is 0 Å². The number of allylic oxidation sites excluding steroid dienone is 4. The fraction of sp³-hybridized carbons (Fsp3) is 0.0638. The summed E-state index contributed by atoms with van der Waals surface area (Å²) in [7, 11) is 0. The van der Waals surface area contributed by atoms with Crippen LogP contribution in [0.3, 0.4) is 0 Å². The van der Waals surface area contributed by atoms with Crippen LogP contribution in [0, 0.1) is 0 Å². The Morgan fingerprint density at radius 3 is 1.98 bits per heavy atom. The highest BCUT2D eigenvalue weighted by Crippen LogP contribution is 2.61. The van der Waals surface area contributed by atoms with Crippen molar-refractivity contribution in [3.05, 3.63) is 204 Å². The molecule has 2 heteroatoms. The molecule has 49 heavy (non-hydrogen) atoms. The number of nitrogens with zero attached hydrogens (tertiary/aromatic N) is 1. The predicted molar refractivity (Wildman–Crippen MR) is 204 cm³/mol. The number of fused-ring (bicyclic) bond motifs is 7. The van der Waals surface area contributed by atoms with E-state index in [1.807, 2.05) is 0 Å². The van der Waals surface area contributed by atoms with Gasteiger partial charge >= 0.3 is 0 Å². The van der Waals surface area contributed by atoms with Gasteiger partial charge in [0.1, 0.15) is 11.2 Å². The molecule has 0 amide bonds. The fourth-order valence-corrected chi connectivity index (χ4v) is 8.64. The number of furan rings is 1. The summed E-state index contributed by atoms with van der Waals surface area (Å²) in [6.07, 6.45) is 8.73. The zero-order valence-corrected chi connectivity index (χ0v) is 27.0. The maximum atomic E-state index is 6.72. The molecule has 7 aromatic carbocycles. The van der Waals surface area contributed by atoms with Crippen LogP contribution in [0.5, 0.6) is 0 Å². The van der Waals surface area contributed by atoms with Crippen molar-refractivity contribution in [1.29, 1.82) is 0 Å². The predicted octanol–water partition coefficient (Wildman–Crippen LogP) is 12.5. The molecule has 232 valence electrons. The van der Waals surface area contributed by atoms with Crippen LogP contribution in [0.1, 0.15) is 35.1 Å². The van der Waals surface area contributed by atoms with Crippen molar-refractivity contribution in [1.82, 2.24) is 0 Å². The molecule has 0 unspecified atom stereocenters. The third-order valence-electron chi connectivity index (χ3n) is 10.6. The molecule has 0 aliphatic heterocycles. The third-order valence-corrected chi connectivity index (χ3v) is 10.6. The molecule has 0 saturated heterocycles. The minimum Gasteiger partial charge on any atom is -0.456 e. The van der Waals surface area contributed by atoms with Gasteiger partial charge in [-0.05, 0) is 76.4 Å². The van der Waals surface area contributed by atoms with Gasteiger partial charge in [-0.1, -0.05) is 146 Å². The van der Waals surface area contributed by atoms with Crippen molar-refractivity contribution >= 4 is 44.1 Å². The minimum absolute atomic E-state index is 0.635. The molecule has 2 aliphatic rings. The Labute approximate surface area is 285 Å². The molecule has 0 N–H and O–H groups in total. The average molecular weight is 628 g/mol. The largest absolute Gasteiger partial charge is 0.456 e. The van der Waals surface area contributed by atoms with E-state index in [0.29, 0.717) is 0 Å². The number of rotatable bonds is 5. The maximum Gasteiger partial charge on any atom is 0.135 e. The van der Waals surface area contributed by atoms with Crippen molar-refractivity contribution in [2.75, 3.05) is 4.90 Å². The van der Waals surface area contributed by atoms with Gasteiger partial charge in [-0.25, -0.2) is 0 Å². The summed E-state index contributed by atoms with van der Waals surface area (Å²) in [5, 5.41) is 4.73. The first-order valence-corrected chi connectivity index (χ1v) is 17.2. The molecule has 1 heterocycles. The standard InChI is InChI=1S/C47H33NO/c1-3-18-33(19-4-1)47(39-26-12-9-23-36(39)37-24-10-13-27-40(37)47)46-42(30-31-44-45(46)38-25-11-14-29-43(38)49-44)48(34-20-5-2-6-21-34)41-28-15-17-32-16-7-8-22-35(32)41/h1-5,7-20,22-31H,6,21H2. The molecule has 2 nitrogen and oxygen atoms in total. The first-order chi connectivity index (χ1) is 24.3. The second-order valence-electron chi connectivity index (χ2n) is 13.1. The quantitative estimate of drug-likeness (QED) is 0.189. The van der Waals surface area contributed by atoms with E-state index in [-0.39, 0.29) is 0 Å². The van der Waals surface area contributed by atoms with Crippen LogP contribution in [0.4, 0.5) is 11.4 Å². The molecule has 1 aromatic heterocycles. The van der Waals surface area contributed by atoms with Crippen molar-refractivity contribution in [2.24, 2.45) is 0 Å². The Kier molecular flexibility index (Phi) is 6.25. The van der Waals surface area contributed by atoms with Crippen LogP contribution in [-0.4, -0.2) is 0 Å². The third kappa shape index (κ3) is 4.01. The van der Waals surface area contributed by atoms with Crippen LogP contribution in [0.25, 0.3) is 43.8 Å². The topological polar surface area (TPSA) is 16.4 Å². The van der Waals surface area contributed by atoms with Crippen molar-refractivity contribution < 1.29 is 4.42 Å². The maximum absolute atomic E-state index is 6.72. The number of anilines is 2. The van der Waals surface area contributed by atoms with E-state index >= 15 is 0 Å². The zero-order valence-electron chi connectivity index (χ0n) is 27.0. The summed E-state index contributed by atoms with van der Waals surface area (Å²) in [4.78, 5) is 2.55. The number of benzene rings is 7. The van der Waals surface area contributed by atoms with Crippen LogP contribution < -0.4 is 4.90 Å². The molecule has 0 bridgehead atoms. The van der Waals surface area contributed by atoms with Crippen molar-refractivity contribution in [3.63, 3.8) is 0 Å². The molecule has 0 saturated carbocycles. The lowest BCUT2D eigenvalue weighted by Gasteiger charge is -2.39. The monoisotopic (exact) mass is 627 g/mol. The molecule has 0 atom stereocenters. The summed E-state index contributed by atoms with van der Waals surface area (Å²) >= 11 is 0. The smallest absolute Gasteiger partial charge is 0.135 e. The van der Waals surface area contributed by atoms with Crippen LogP contribution in [0.15, 0.2) is 186 Å². The Morgan fingerprint density at radius 1 is 0.531 bits per heavy atom. The molecule has 8 aromatic rings. The van der Waals surface area contributed by atoms with Gasteiger partial charge in [0.25, 0.3) is 0 Å². The van der Waals surface area contributed by atoms with Gasteiger partial charge in [0.15, 0.2) is 0 Å². The first-order valence-electron chi connectivity index (χ1n) is 17.2. The zero-order chi connectivity index (χ0) is 32.4. The lowest BCUT2D eigenvalue weighted by atomic mass is 9.66. The summed E-state index contributed by atoms with van der Waals surface area (Å²) in [5.41, 5.74) is 12.4. The lowest BCUT2D eigenvalue weighted by Crippen LogP contribution is -2.32. The van der Waals surface area contributed by atoms with Gasteiger partial charge in [0, 0.05) is 27.4 Å². The Bertz CT molecular complexity index is 2570. The van der Waals surface area contributed by atoms with Gasteiger partial charge in [-0.3, -0.25) is 0 Å². The number of hydrogen-bond acceptors (Lipinski definition) is 2. The lowest BCUT2D eigenvalue weighted by molar-refractivity contribution is 0.667. The number of hydrogen-bond donors (Lipinski definition) is 0. The van der Waals surface area contributed by atoms with Crippen LogP contribution in [-0.2, 0) is 5.41 Å². The van der Waals surface area contributed by atoms with Crippen molar-refractivity contribution in [3.8, 4) is 11.1 Å². The van der Waals surface area contributed by atoms with E-state index in [9.17, 15) is 0 Å². The van der Waals surface area contributed by atoms with Crippen LogP contribution in [0.2, 0.25) is 0 Å². The Morgan fingerprint density at radius 2 is 1.20 bits per heavy atom. The summed E-state index contributed by atoms with van der Waals surface area (Å²) in [6.45, 7) is 0. The highest BCUT2D eigenvalue weighted by molar-refractivity contribution is 6.12. The SMILES string of the molecule is C1=CCCC(N(c2ccc3oc4ccccc4c3c2C2(c3ccccc3)c3ccccc3-c3ccccc32)c2cccc3ccccc23)=C1. The summed E-state index contributed by atoms with van der Waals surface area (Å²) < 4.78 is 6.72. The molecule has 2 aliphatic carbocycles. The van der Waals surface area contributed by atoms with E-state index in [1.54, 1.807) is 0 Å². The normalized spacial score (nSPS) is 14.6. The molecule has 0 radical (unpaired) electrons. The van der Waals surface area contributed by atoms with Gasteiger partial charge in [-0.2, -0.15) is 0 Å².